The van der Waals surface area contributed by atoms with E-state index in [4.69, 9.17) is 9.47 Å². The summed E-state index contributed by atoms with van der Waals surface area (Å²) in [5.41, 5.74) is 0.780. The molecule has 0 atom stereocenters. The first-order valence-electron chi connectivity index (χ1n) is 5.46. The lowest BCUT2D eigenvalue weighted by Gasteiger charge is -2.07. The van der Waals surface area contributed by atoms with E-state index in [1.54, 1.807) is 26.4 Å². The third kappa shape index (κ3) is 2.68. The first-order valence-corrected chi connectivity index (χ1v) is 6.27. The van der Waals surface area contributed by atoms with E-state index in [1.807, 2.05) is 6.07 Å². The van der Waals surface area contributed by atoms with Crippen LogP contribution in [0.3, 0.4) is 0 Å². The van der Waals surface area contributed by atoms with Crippen LogP contribution in [0.1, 0.15) is 9.67 Å². The van der Waals surface area contributed by atoms with Crippen LogP contribution in [-0.2, 0) is 4.74 Å². The second kappa shape index (κ2) is 5.71. The summed E-state index contributed by atoms with van der Waals surface area (Å²) in [6, 6.07) is 5.42. The SMILES string of the molecule is COC(=O)c1cnc(-c2cc(OC)ccc2OC)s1. The summed E-state index contributed by atoms with van der Waals surface area (Å²) < 4.78 is 15.1. The lowest BCUT2D eigenvalue weighted by Crippen LogP contribution is -1.96. The molecule has 1 aromatic carbocycles. The Bertz CT molecular complexity index is 594. The highest BCUT2D eigenvalue weighted by Gasteiger charge is 2.15. The summed E-state index contributed by atoms with van der Waals surface area (Å²) in [5.74, 6) is 0.975. The Labute approximate surface area is 114 Å². The molecule has 2 rings (SSSR count). The molecule has 0 saturated heterocycles. The lowest BCUT2D eigenvalue weighted by molar-refractivity contribution is 0.0606. The summed E-state index contributed by atoms with van der Waals surface area (Å²) in [4.78, 5) is 16.1. The normalized spacial score (nSPS) is 10.1. The molecule has 0 fully saturated rings. The zero-order valence-electron chi connectivity index (χ0n) is 10.8. The molecule has 6 heteroatoms. The zero-order chi connectivity index (χ0) is 13.8. The van der Waals surface area contributed by atoms with Crippen LogP contribution in [0.5, 0.6) is 11.5 Å². The van der Waals surface area contributed by atoms with Gasteiger partial charge in [0, 0.05) is 0 Å². The van der Waals surface area contributed by atoms with Crippen LogP contribution in [0.2, 0.25) is 0 Å². The highest BCUT2D eigenvalue weighted by molar-refractivity contribution is 7.16. The Morgan fingerprint density at radius 2 is 2.00 bits per heavy atom. The van der Waals surface area contributed by atoms with Gasteiger partial charge in [-0.3, -0.25) is 0 Å². The smallest absolute Gasteiger partial charge is 0.349 e. The van der Waals surface area contributed by atoms with Crippen LogP contribution in [0.25, 0.3) is 10.6 Å². The number of esters is 1. The average Bonchev–Trinajstić information content (AvgIpc) is 2.95. The van der Waals surface area contributed by atoms with E-state index in [2.05, 4.69) is 9.72 Å². The number of rotatable bonds is 4. The van der Waals surface area contributed by atoms with E-state index >= 15 is 0 Å². The minimum Gasteiger partial charge on any atom is -0.497 e. The molecule has 19 heavy (non-hydrogen) atoms. The van der Waals surface area contributed by atoms with Crippen molar-refractivity contribution in [2.45, 2.75) is 0 Å². The van der Waals surface area contributed by atoms with Gasteiger partial charge in [-0.2, -0.15) is 0 Å². The maximum atomic E-state index is 11.4. The lowest BCUT2D eigenvalue weighted by atomic mass is 10.2. The predicted octanol–water partition coefficient (Wildman–Crippen LogP) is 2.61. The third-order valence-electron chi connectivity index (χ3n) is 2.53. The monoisotopic (exact) mass is 279 g/mol. The first kappa shape index (κ1) is 13.4. The standard InChI is InChI=1S/C13H13NO4S/c1-16-8-4-5-10(17-2)9(6-8)12-14-7-11(19-12)13(15)18-3/h4-7H,1-3H3. The fourth-order valence-corrected chi connectivity index (χ4v) is 2.43. The number of ether oxygens (including phenoxy) is 3. The van der Waals surface area contributed by atoms with Crippen molar-refractivity contribution in [3.05, 3.63) is 29.3 Å². The van der Waals surface area contributed by atoms with E-state index in [0.717, 1.165) is 5.56 Å². The molecule has 0 N–H and O–H groups in total. The molecule has 2 aromatic rings. The topological polar surface area (TPSA) is 57.7 Å². The minimum atomic E-state index is -0.398. The number of thiazole rings is 1. The van der Waals surface area contributed by atoms with Crippen LogP contribution >= 0.6 is 11.3 Å². The van der Waals surface area contributed by atoms with Crippen molar-refractivity contribution in [3.63, 3.8) is 0 Å². The van der Waals surface area contributed by atoms with Gasteiger partial charge in [-0.05, 0) is 18.2 Å². The minimum absolute atomic E-state index is 0.398. The Kier molecular flexibility index (Phi) is 4.01. The van der Waals surface area contributed by atoms with Gasteiger partial charge in [0.1, 0.15) is 21.4 Å². The van der Waals surface area contributed by atoms with Crippen molar-refractivity contribution in [2.24, 2.45) is 0 Å². The molecule has 1 aromatic heterocycles. The van der Waals surface area contributed by atoms with Gasteiger partial charge in [0.05, 0.1) is 33.1 Å². The van der Waals surface area contributed by atoms with Gasteiger partial charge in [-0.15, -0.1) is 11.3 Å². The number of methoxy groups -OCH3 is 3. The quantitative estimate of drug-likeness (QED) is 0.805. The van der Waals surface area contributed by atoms with Gasteiger partial charge >= 0.3 is 5.97 Å². The molecule has 0 unspecified atom stereocenters. The number of carbonyl (C=O) groups excluding carboxylic acids is 1. The molecular weight excluding hydrogens is 266 g/mol. The molecular formula is C13H13NO4S. The van der Waals surface area contributed by atoms with Crippen LogP contribution in [0, 0.1) is 0 Å². The third-order valence-corrected chi connectivity index (χ3v) is 3.54. The number of aromatic nitrogens is 1. The molecule has 0 amide bonds. The average molecular weight is 279 g/mol. The first-order chi connectivity index (χ1) is 9.19. The van der Waals surface area contributed by atoms with Crippen molar-refractivity contribution in [1.29, 1.82) is 0 Å². The van der Waals surface area contributed by atoms with E-state index in [-0.39, 0.29) is 0 Å². The van der Waals surface area contributed by atoms with Crippen LogP contribution in [-0.4, -0.2) is 32.3 Å². The van der Waals surface area contributed by atoms with Crippen LogP contribution in [0.15, 0.2) is 24.4 Å². The van der Waals surface area contributed by atoms with Gasteiger partial charge in [0.2, 0.25) is 0 Å². The van der Waals surface area contributed by atoms with Crippen molar-refractivity contribution in [1.82, 2.24) is 4.98 Å². The largest absolute Gasteiger partial charge is 0.497 e. The summed E-state index contributed by atoms with van der Waals surface area (Å²) in [6.07, 6.45) is 1.49. The van der Waals surface area contributed by atoms with Crippen LogP contribution < -0.4 is 9.47 Å². The predicted molar refractivity (Wildman–Crippen MR) is 72.0 cm³/mol. The number of carbonyl (C=O) groups is 1. The second-order valence-electron chi connectivity index (χ2n) is 3.59. The van der Waals surface area contributed by atoms with Gasteiger partial charge in [0.25, 0.3) is 0 Å². The molecule has 5 nitrogen and oxygen atoms in total. The Balaban J connectivity index is 2.45. The summed E-state index contributed by atoms with van der Waals surface area (Å²) in [7, 11) is 4.52. The Morgan fingerprint density at radius 3 is 2.63 bits per heavy atom. The maximum Gasteiger partial charge on any atom is 0.349 e. The number of hydrogen-bond acceptors (Lipinski definition) is 6. The van der Waals surface area contributed by atoms with E-state index in [9.17, 15) is 4.79 Å². The van der Waals surface area contributed by atoms with Gasteiger partial charge in [0.15, 0.2) is 0 Å². The molecule has 0 spiro atoms. The highest BCUT2D eigenvalue weighted by Crippen LogP contribution is 2.35. The maximum absolute atomic E-state index is 11.4. The molecule has 0 aliphatic carbocycles. The summed E-state index contributed by atoms with van der Waals surface area (Å²) >= 11 is 1.25. The van der Waals surface area contributed by atoms with Crippen LogP contribution in [0.4, 0.5) is 0 Å². The highest BCUT2D eigenvalue weighted by atomic mass is 32.1. The molecule has 100 valence electrons. The number of nitrogens with zero attached hydrogens (tertiary/aromatic N) is 1. The van der Waals surface area contributed by atoms with Crippen molar-refractivity contribution in [2.75, 3.05) is 21.3 Å². The Morgan fingerprint density at radius 1 is 1.21 bits per heavy atom. The van der Waals surface area contributed by atoms with Gasteiger partial charge < -0.3 is 14.2 Å². The molecule has 0 radical (unpaired) electrons. The van der Waals surface area contributed by atoms with Gasteiger partial charge in [-0.1, -0.05) is 0 Å². The molecule has 0 saturated carbocycles. The van der Waals surface area contributed by atoms with Crippen molar-refractivity contribution in [3.8, 4) is 22.1 Å². The molecule has 0 aliphatic rings. The van der Waals surface area contributed by atoms with E-state index in [0.29, 0.717) is 21.4 Å². The van der Waals surface area contributed by atoms with Crippen molar-refractivity contribution < 1.29 is 19.0 Å². The second-order valence-corrected chi connectivity index (χ2v) is 4.62. The fraction of sp³-hybridized carbons (Fsp3) is 0.231. The fourth-order valence-electron chi connectivity index (χ4n) is 1.57. The number of hydrogen-bond donors (Lipinski definition) is 0. The van der Waals surface area contributed by atoms with E-state index < -0.39 is 5.97 Å². The van der Waals surface area contributed by atoms with Gasteiger partial charge in [-0.25, -0.2) is 9.78 Å². The molecule has 0 bridgehead atoms. The summed E-state index contributed by atoms with van der Waals surface area (Å²) in [6.45, 7) is 0. The molecule has 1 heterocycles. The number of benzene rings is 1. The van der Waals surface area contributed by atoms with E-state index in [1.165, 1.54) is 24.6 Å². The van der Waals surface area contributed by atoms with Crippen molar-refractivity contribution >= 4 is 17.3 Å². The molecule has 0 aliphatic heterocycles. The summed E-state index contributed by atoms with van der Waals surface area (Å²) in [5, 5.41) is 0.677. The Hall–Kier alpha value is -2.08. The zero-order valence-corrected chi connectivity index (χ0v) is 11.6.